The Morgan fingerprint density at radius 2 is 1.90 bits per heavy atom. The van der Waals surface area contributed by atoms with E-state index < -0.39 is 5.60 Å². The maximum atomic E-state index is 9.30. The highest BCUT2D eigenvalue weighted by Gasteiger charge is 2.10. The summed E-state index contributed by atoms with van der Waals surface area (Å²) in [7, 11) is 1.95. The Morgan fingerprint density at radius 1 is 1.30 bits per heavy atom. The maximum absolute atomic E-state index is 9.30. The average Bonchev–Trinajstić information content (AvgIpc) is 1.78. The second-order valence-corrected chi connectivity index (χ2v) is 3.37. The third-order valence-corrected chi connectivity index (χ3v) is 1.47. The molecule has 2 N–H and O–H groups in total. The lowest BCUT2D eigenvalue weighted by atomic mass is 10.0. The molecule has 0 atom stereocenters. The molecule has 0 aliphatic carbocycles. The SMILES string of the molecule is CNCCCCC(C)(C)O. The van der Waals surface area contributed by atoms with E-state index in [9.17, 15) is 5.11 Å². The zero-order chi connectivity index (χ0) is 8.04. The van der Waals surface area contributed by atoms with Crippen molar-refractivity contribution in [3.05, 3.63) is 0 Å². The van der Waals surface area contributed by atoms with Gasteiger partial charge in [0, 0.05) is 0 Å². The summed E-state index contributed by atoms with van der Waals surface area (Å²) in [6.45, 7) is 4.76. The molecule has 62 valence electrons. The minimum atomic E-state index is -0.478. The average molecular weight is 145 g/mol. The second kappa shape index (κ2) is 4.69. The Hall–Kier alpha value is -0.0800. The van der Waals surface area contributed by atoms with Gasteiger partial charge in [0.15, 0.2) is 0 Å². The molecular formula is C8H19NO. The van der Waals surface area contributed by atoms with Crippen molar-refractivity contribution < 1.29 is 5.11 Å². The molecule has 0 bridgehead atoms. The molecule has 2 heteroatoms. The van der Waals surface area contributed by atoms with E-state index in [2.05, 4.69) is 5.32 Å². The Balaban J connectivity index is 3.04. The van der Waals surface area contributed by atoms with Crippen molar-refractivity contribution in [2.24, 2.45) is 0 Å². The van der Waals surface area contributed by atoms with Crippen LogP contribution in [-0.2, 0) is 0 Å². The first-order valence-electron chi connectivity index (χ1n) is 3.93. The molecule has 0 radical (unpaired) electrons. The quantitative estimate of drug-likeness (QED) is 0.569. The molecule has 0 aromatic heterocycles. The van der Waals surface area contributed by atoms with E-state index in [1.54, 1.807) is 0 Å². The summed E-state index contributed by atoms with van der Waals surface area (Å²) < 4.78 is 0. The molecule has 0 aliphatic heterocycles. The smallest absolute Gasteiger partial charge is 0.0591 e. The molecule has 0 fully saturated rings. The largest absolute Gasteiger partial charge is 0.390 e. The Kier molecular flexibility index (Phi) is 4.65. The molecule has 0 aromatic carbocycles. The topological polar surface area (TPSA) is 32.3 Å². The van der Waals surface area contributed by atoms with Gasteiger partial charge in [-0.3, -0.25) is 0 Å². The molecule has 0 saturated heterocycles. The van der Waals surface area contributed by atoms with Crippen molar-refractivity contribution in [3.63, 3.8) is 0 Å². The van der Waals surface area contributed by atoms with Crippen LogP contribution in [0.3, 0.4) is 0 Å². The van der Waals surface area contributed by atoms with Crippen LogP contribution in [-0.4, -0.2) is 24.3 Å². The lowest BCUT2D eigenvalue weighted by Gasteiger charge is -2.15. The third-order valence-electron chi connectivity index (χ3n) is 1.47. The minimum absolute atomic E-state index is 0.478. The number of hydrogen-bond acceptors (Lipinski definition) is 2. The maximum Gasteiger partial charge on any atom is 0.0591 e. The fourth-order valence-corrected chi connectivity index (χ4v) is 0.859. The van der Waals surface area contributed by atoms with Crippen LogP contribution in [0.1, 0.15) is 33.1 Å². The van der Waals surface area contributed by atoms with Crippen molar-refractivity contribution in [2.75, 3.05) is 13.6 Å². The first-order chi connectivity index (χ1) is 4.56. The lowest BCUT2D eigenvalue weighted by Crippen LogP contribution is -2.18. The molecule has 0 unspecified atom stereocenters. The van der Waals surface area contributed by atoms with E-state index in [4.69, 9.17) is 0 Å². The summed E-state index contributed by atoms with van der Waals surface area (Å²) in [5.41, 5.74) is -0.478. The van der Waals surface area contributed by atoms with Gasteiger partial charge in [-0.15, -0.1) is 0 Å². The zero-order valence-electron chi connectivity index (χ0n) is 7.28. The molecule has 0 aliphatic rings. The molecule has 0 amide bonds. The van der Waals surface area contributed by atoms with Gasteiger partial charge >= 0.3 is 0 Å². The standard InChI is InChI=1S/C8H19NO/c1-8(2,10)6-4-5-7-9-3/h9-10H,4-7H2,1-3H3. The fourth-order valence-electron chi connectivity index (χ4n) is 0.859. The molecule has 0 spiro atoms. The monoisotopic (exact) mass is 145 g/mol. The summed E-state index contributed by atoms with van der Waals surface area (Å²) in [4.78, 5) is 0. The Labute approximate surface area is 63.6 Å². The fraction of sp³-hybridized carbons (Fsp3) is 1.00. The van der Waals surface area contributed by atoms with Crippen molar-refractivity contribution in [1.29, 1.82) is 0 Å². The molecule has 0 heterocycles. The van der Waals surface area contributed by atoms with E-state index in [-0.39, 0.29) is 0 Å². The van der Waals surface area contributed by atoms with E-state index in [1.807, 2.05) is 20.9 Å². The van der Waals surface area contributed by atoms with Gasteiger partial charge < -0.3 is 10.4 Å². The summed E-state index contributed by atoms with van der Waals surface area (Å²) in [5, 5.41) is 12.4. The van der Waals surface area contributed by atoms with Crippen LogP contribution in [0.4, 0.5) is 0 Å². The first kappa shape index (κ1) is 9.92. The molecular weight excluding hydrogens is 126 g/mol. The van der Waals surface area contributed by atoms with Crippen LogP contribution < -0.4 is 5.32 Å². The van der Waals surface area contributed by atoms with Gasteiger partial charge in [-0.2, -0.15) is 0 Å². The van der Waals surface area contributed by atoms with Crippen LogP contribution in [0.25, 0.3) is 0 Å². The zero-order valence-corrected chi connectivity index (χ0v) is 7.28. The van der Waals surface area contributed by atoms with Gasteiger partial charge in [0.1, 0.15) is 0 Å². The summed E-state index contributed by atoms with van der Waals surface area (Å²) in [5.74, 6) is 0. The van der Waals surface area contributed by atoms with E-state index in [1.165, 1.54) is 0 Å². The molecule has 2 nitrogen and oxygen atoms in total. The van der Waals surface area contributed by atoms with Crippen molar-refractivity contribution in [3.8, 4) is 0 Å². The highest BCUT2D eigenvalue weighted by atomic mass is 16.3. The van der Waals surface area contributed by atoms with Crippen LogP contribution in [0.2, 0.25) is 0 Å². The number of hydrogen-bond donors (Lipinski definition) is 2. The Morgan fingerprint density at radius 3 is 2.30 bits per heavy atom. The highest BCUT2D eigenvalue weighted by molar-refractivity contribution is 4.64. The molecule has 10 heavy (non-hydrogen) atoms. The number of aliphatic hydroxyl groups is 1. The van der Waals surface area contributed by atoms with Crippen molar-refractivity contribution >= 4 is 0 Å². The number of nitrogens with one attached hydrogen (secondary N) is 1. The summed E-state index contributed by atoms with van der Waals surface area (Å²) in [6, 6.07) is 0. The predicted molar refractivity (Wildman–Crippen MR) is 44.1 cm³/mol. The van der Waals surface area contributed by atoms with Gasteiger partial charge in [0.05, 0.1) is 5.60 Å². The van der Waals surface area contributed by atoms with Gasteiger partial charge in [-0.1, -0.05) is 0 Å². The molecule has 0 rings (SSSR count). The predicted octanol–water partition coefficient (Wildman–Crippen LogP) is 1.15. The lowest BCUT2D eigenvalue weighted by molar-refractivity contribution is 0.0683. The highest BCUT2D eigenvalue weighted by Crippen LogP contribution is 2.10. The van der Waals surface area contributed by atoms with E-state index in [0.29, 0.717) is 0 Å². The minimum Gasteiger partial charge on any atom is -0.390 e. The first-order valence-corrected chi connectivity index (χ1v) is 3.93. The van der Waals surface area contributed by atoms with Crippen LogP contribution in [0.15, 0.2) is 0 Å². The molecule has 0 aromatic rings. The van der Waals surface area contributed by atoms with Gasteiger partial charge in [-0.05, 0) is 46.7 Å². The van der Waals surface area contributed by atoms with Gasteiger partial charge in [-0.25, -0.2) is 0 Å². The van der Waals surface area contributed by atoms with Crippen LogP contribution >= 0.6 is 0 Å². The van der Waals surface area contributed by atoms with Gasteiger partial charge in [0.25, 0.3) is 0 Å². The normalized spacial score (nSPS) is 12.0. The van der Waals surface area contributed by atoms with E-state index >= 15 is 0 Å². The second-order valence-electron chi connectivity index (χ2n) is 3.37. The molecule has 0 saturated carbocycles. The van der Waals surface area contributed by atoms with Gasteiger partial charge in [0.2, 0.25) is 0 Å². The Bertz CT molecular complexity index is 75.8. The van der Waals surface area contributed by atoms with Crippen molar-refractivity contribution in [1.82, 2.24) is 5.32 Å². The number of unbranched alkanes of at least 4 members (excludes halogenated alkanes) is 1. The van der Waals surface area contributed by atoms with Crippen molar-refractivity contribution in [2.45, 2.75) is 38.7 Å². The van der Waals surface area contributed by atoms with E-state index in [0.717, 1.165) is 25.8 Å². The number of rotatable bonds is 5. The van der Waals surface area contributed by atoms with Crippen LogP contribution in [0, 0.1) is 0 Å². The summed E-state index contributed by atoms with van der Waals surface area (Å²) in [6.07, 6.45) is 3.15. The van der Waals surface area contributed by atoms with Crippen LogP contribution in [0.5, 0.6) is 0 Å². The summed E-state index contributed by atoms with van der Waals surface area (Å²) >= 11 is 0. The third kappa shape index (κ3) is 7.92.